The first kappa shape index (κ1) is 14.2. The molecule has 0 aliphatic heterocycles. The third-order valence-electron chi connectivity index (χ3n) is 3.64. The number of hydrogen-bond donors (Lipinski definition) is 2. The average molecular weight is 298 g/mol. The zero-order valence-corrected chi connectivity index (χ0v) is 12.9. The van der Waals surface area contributed by atoms with E-state index in [1.165, 1.54) is 11.1 Å². The lowest BCUT2D eigenvalue weighted by atomic mass is 10.1. The first-order valence-electron chi connectivity index (χ1n) is 6.96. The van der Waals surface area contributed by atoms with Gasteiger partial charge in [0.25, 0.3) is 0 Å². The van der Waals surface area contributed by atoms with Crippen LogP contribution in [0.2, 0.25) is 0 Å². The van der Waals surface area contributed by atoms with E-state index in [0.717, 1.165) is 21.8 Å². The Labute approximate surface area is 128 Å². The first-order valence-corrected chi connectivity index (χ1v) is 7.95. The maximum Gasteiger partial charge on any atom is 0.166 e. The summed E-state index contributed by atoms with van der Waals surface area (Å²) in [6, 6.07) is 13.9. The maximum absolute atomic E-state index is 10.2. The lowest BCUT2D eigenvalue weighted by Crippen LogP contribution is -2.00. The number of aryl methyl sites for hydroxylation is 2. The van der Waals surface area contributed by atoms with Crippen molar-refractivity contribution in [1.82, 2.24) is 9.97 Å². The van der Waals surface area contributed by atoms with Crippen LogP contribution in [0, 0.1) is 13.8 Å². The quantitative estimate of drug-likeness (QED) is 0.716. The van der Waals surface area contributed by atoms with Crippen molar-refractivity contribution in [3.8, 4) is 0 Å². The number of aromatic nitrogens is 2. The second kappa shape index (κ2) is 5.92. The van der Waals surface area contributed by atoms with Gasteiger partial charge in [0.05, 0.1) is 17.1 Å². The third kappa shape index (κ3) is 3.12. The highest BCUT2D eigenvalue weighted by Crippen LogP contribution is 2.25. The van der Waals surface area contributed by atoms with Gasteiger partial charge in [0.15, 0.2) is 5.16 Å². The number of fused-ring (bicyclic) bond motifs is 1. The molecule has 0 bridgehead atoms. The van der Waals surface area contributed by atoms with Gasteiger partial charge in [-0.3, -0.25) is 0 Å². The summed E-state index contributed by atoms with van der Waals surface area (Å²) >= 11 is 1.54. The summed E-state index contributed by atoms with van der Waals surface area (Å²) in [5, 5.41) is 11.0. The van der Waals surface area contributed by atoms with Crippen molar-refractivity contribution in [1.29, 1.82) is 0 Å². The Morgan fingerprint density at radius 2 is 1.86 bits per heavy atom. The molecular weight excluding hydrogens is 280 g/mol. The van der Waals surface area contributed by atoms with Gasteiger partial charge in [-0.25, -0.2) is 4.98 Å². The van der Waals surface area contributed by atoms with E-state index < -0.39 is 6.10 Å². The van der Waals surface area contributed by atoms with Crippen molar-refractivity contribution in [2.75, 3.05) is 5.75 Å². The van der Waals surface area contributed by atoms with Crippen molar-refractivity contribution in [3.63, 3.8) is 0 Å². The normalized spacial score (nSPS) is 12.7. The van der Waals surface area contributed by atoms with Crippen molar-refractivity contribution in [2.45, 2.75) is 25.1 Å². The van der Waals surface area contributed by atoms with Crippen LogP contribution in [0.5, 0.6) is 0 Å². The molecule has 2 N–H and O–H groups in total. The van der Waals surface area contributed by atoms with E-state index in [9.17, 15) is 5.11 Å². The molecule has 21 heavy (non-hydrogen) atoms. The first-order chi connectivity index (χ1) is 10.1. The van der Waals surface area contributed by atoms with Gasteiger partial charge in [0.1, 0.15) is 0 Å². The largest absolute Gasteiger partial charge is 0.388 e. The fraction of sp³-hybridized carbons (Fsp3) is 0.235. The minimum atomic E-state index is -0.479. The molecule has 1 atom stereocenters. The topological polar surface area (TPSA) is 48.9 Å². The Balaban J connectivity index is 1.73. The van der Waals surface area contributed by atoms with E-state index in [-0.39, 0.29) is 0 Å². The van der Waals surface area contributed by atoms with Crippen LogP contribution >= 0.6 is 11.8 Å². The maximum atomic E-state index is 10.2. The van der Waals surface area contributed by atoms with Gasteiger partial charge in [-0.1, -0.05) is 42.1 Å². The summed E-state index contributed by atoms with van der Waals surface area (Å²) in [6.45, 7) is 4.19. The smallest absolute Gasteiger partial charge is 0.166 e. The number of imidazole rings is 1. The molecule has 0 aliphatic carbocycles. The van der Waals surface area contributed by atoms with Crippen LogP contribution in [0.25, 0.3) is 11.0 Å². The Bertz CT molecular complexity index is 713. The van der Waals surface area contributed by atoms with E-state index in [2.05, 4.69) is 35.9 Å². The van der Waals surface area contributed by atoms with Gasteiger partial charge >= 0.3 is 0 Å². The zero-order chi connectivity index (χ0) is 14.8. The van der Waals surface area contributed by atoms with E-state index >= 15 is 0 Å². The number of benzene rings is 2. The molecule has 0 spiro atoms. The molecule has 2 aromatic carbocycles. The highest BCUT2D eigenvalue weighted by molar-refractivity contribution is 7.99. The molecule has 0 aliphatic rings. The van der Waals surface area contributed by atoms with Gasteiger partial charge in [0, 0.05) is 5.75 Å². The van der Waals surface area contributed by atoms with Crippen LogP contribution < -0.4 is 0 Å². The minimum absolute atomic E-state index is 0.479. The summed E-state index contributed by atoms with van der Waals surface area (Å²) < 4.78 is 0. The lowest BCUT2D eigenvalue weighted by Gasteiger charge is -2.08. The van der Waals surface area contributed by atoms with Crippen molar-refractivity contribution >= 4 is 22.8 Å². The van der Waals surface area contributed by atoms with Crippen LogP contribution in [0.15, 0.2) is 47.6 Å². The molecule has 0 saturated heterocycles. The highest BCUT2D eigenvalue weighted by atomic mass is 32.2. The molecule has 1 unspecified atom stereocenters. The predicted molar refractivity (Wildman–Crippen MR) is 87.7 cm³/mol. The fourth-order valence-corrected chi connectivity index (χ4v) is 3.10. The van der Waals surface area contributed by atoms with E-state index in [1.54, 1.807) is 11.8 Å². The van der Waals surface area contributed by atoms with E-state index in [1.807, 2.05) is 30.3 Å². The number of aliphatic hydroxyl groups is 1. The predicted octanol–water partition coefficient (Wildman–Crippen LogP) is 4.01. The van der Waals surface area contributed by atoms with Crippen molar-refractivity contribution < 1.29 is 5.11 Å². The van der Waals surface area contributed by atoms with E-state index in [0.29, 0.717) is 5.75 Å². The number of nitrogens with zero attached hydrogens (tertiary/aromatic N) is 1. The number of hydrogen-bond acceptors (Lipinski definition) is 3. The summed E-state index contributed by atoms with van der Waals surface area (Å²) in [4.78, 5) is 7.89. The number of rotatable bonds is 4. The summed E-state index contributed by atoms with van der Waals surface area (Å²) in [6.07, 6.45) is -0.479. The van der Waals surface area contributed by atoms with Crippen LogP contribution in [0.1, 0.15) is 22.8 Å². The number of thioether (sulfide) groups is 1. The number of aliphatic hydroxyl groups excluding tert-OH is 1. The Kier molecular flexibility index (Phi) is 3.99. The summed E-state index contributed by atoms with van der Waals surface area (Å²) in [5.74, 6) is 0.585. The van der Waals surface area contributed by atoms with Crippen molar-refractivity contribution in [3.05, 3.63) is 59.2 Å². The SMILES string of the molecule is Cc1cc2nc(SCC(O)c3ccccc3)[nH]c2cc1C. The molecule has 4 heteroatoms. The van der Waals surface area contributed by atoms with Crippen molar-refractivity contribution in [2.24, 2.45) is 0 Å². The van der Waals surface area contributed by atoms with Gasteiger partial charge in [-0.15, -0.1) is 0 Å². The number of aromatic amines is 1. The molecule has 1 heterocycles. The fourth-order valence-electron chi connectivity index (χ4n) is 2.24. The Morgan fingerprint density at radius 1 is 1.14 bits per heavy atom. The van der Waals surface area contributed by atoms with Gasteiger partial charge in [-0.2, -0.15) is 0 Å². The molecule has 3 aromatic rings. The monoisotopic (exact) mass is 298 g/mol. The lowest BCUT2D eigenvalue weighted by molar-refractivity contribution is 0.204. The van der Waals surface area contributed by atoms with Crippen LogP contribution in [-0.4, -0.2) is 20.8 Å². The summed E-state index contributed by atoms with van der Waals surface area (Å²) in [5.41, 5.74) is 5.47. The minimum Gasteiger partial charge on any atom is -0.388 e. The third-order valence-corrected chi connectivity index (χ3v) is 4.59. The van der Waals surface area contributed by atoms with Crippen LogP contribution in [0.3, 0.4) is 0 Å². The molecule has 1 aromatic heterocycles. The molecule has 0 saturated carbocycles. The molecule has 0 radical (unpaired) electrons. The number of nitrogens with one attached hydrogen (secondary N) is 1. The molecule has 3 rings (SSSR count). The standard InChI is InChI=1S/C17H18N2OS/c1-11-8-14-15(9-12(11)2)19-17(18-14)21-10-16(20)13-6-4-3-5-7-13/h3-9,16,20H,10H2,1-2H3,(H,18,19). The molecule has 0 fully saturated rings. The zero-order valence-electron chi connectivity index (χ0n) is 12.1. The van der Waals surface area contributed by atoms with Gasteiger partial charge in [-0.05, 0) is 42.7 Å². The average Bonchev–Trinajstić information content (AvgIpc) is 2.88. The van der Waals surface area contributed by atoms with Gasteiger partial charge in [0.2, 0.25) is 0 Å². The highest BCUT2D eigenvalue weighted by Gasteiger charge is 2.10. The molecule has 0 amide bonds. The molecule has 3 nitrogen and oxygen atoms in total. The second-order valence-corrected chi connectivity index (χ2v) is 6.24. The molecular formula is C17H18N2OS. The summed E-state index contributed by atoms with van der Waals surface area (Å²) in [7, 11) is 0. The number of H-pyrrole nitrogens is 1. The Hall–Kier alpha value is -1.78. The van der Waals surface area contributed by atoms with Crippen LogP contribution in [-0.2, 0) is 0 Å². The Morgan fingerprint density at radius 3 is 2.62 bits per heavy atom. The second-order valence-electron chi connectivity index (χ2n) is 5.23. The van der Waals surface area contributed by atoms with Crippen LogP contribution in [0.4, 0.5) is 0 Å². The molecule has 108 valence electrons. The van der Waals surface area contributed by atoms with E-state index in [4.69, 9.17) is 0 Å². The van der Waals surface area contributed by atoms with Gasteiger partial charge < -0.3 is 10.1 Å².